The maximum atomic E-state index is 12.3. The van der Waals surface area contributed by atoms with Crippen molar-refractivity contribution in [1.29, 1.82) is 5.26 Å². The Labute approximate surface area is 177 Å². The van der Waals surface area contributed by atoms with Crippen LogP contribution in [0.3, 0.4) is 0 Å². The first-order chi connectivity index (χ1) is 14.3. The number of nitrogens with zero attached hydrogens (tertiary/aromatic N) is 1. The van der Waals surface area contributed by atoms with E-state index in [-0.39, 0.29) is 23.9 Å². The zero-order chi connectivity index (χ0) is 21.5. The third-order valence-electron chi connectivity index (χ3n) is 7.04. The van der Waals surface area contributed by atoms with E-state index >= 15 is 0 Å². The summed E-state index contributed by atoms with van der Waals surface area (Å²) >= 11 is 0. The molecule has 1 saturated carbocycles. The summed E-state index contributed by atoms with van der Waals surface area (Å²) in [7, 11) is 0. The first-order valence-electron chi connectivity index (χ1n) is 10.6. The van der Waals surface area contributed by atoms with Crippen molar-refractivity contribution in [1.82, 2.24) is 0 Å². The molecule has 0 spiro atoms. The summed E-state index contributed by atoms with van der Waals surface area (Å²) in [6.45, 7) is 6.17. The highest BCUT2D eigenvalue weighted by atomic mass is 16.6. The zero-order valence-electron chi connectivity index (χ0n) is 17.6. The standard InChI is InChI=1S/C26H27NO3/c1-16-14-26(29)24(18(3)30-25(26)28)22(17(16)2)13-10-19-8-11-20(12-9-19)23-7-5-4-6-21(23)15-27/h4-13,16-18,22,24,29H,14H2,1-3H3/b13-10+/t16-,17+,18+,22-,24-,26-/m0/s1. The van der Waals surface area contributed by atoms with Crippen LogP contribution in [0.5, 0.6) is 0 Å². The molecule has 0 bridgehead atoms. The van der Waals surface area contributed by atoms with Crippen molar-refractivity contribution in [3.8, 4) is 17.2 Å². The molecule has 6 atom stereocenters. The molecule has 0 amide bonds. The van der Waals surface area contributed by atoms with Gasteiger partial charge in [0.2, 0.25) is 0 Å². The van der Waals surface area contributed by atoms with Gasteiger partial charge in [-0.3, -0.25) is 0 Å². The van der Waals surface area contributed by atoms with Gasteiger partial charge >= 0.3 is 5.97 Å². The summed E-state index contributed by atoms with van der Waals surface area (Å²) in [5.74, 6) is -0.0834. The highest BCUT2D eigenvalue weighted by Gasteiger charge is 2.61. The van der Waals surface area contributed by atoms with Crippen LogP contribution in [-0.4, -0.2) is 22.8 Å². The Hall–Kier alpha value is -2.90. The Balaban J connectivity index is 1.60. The number of carbonyl (C=O) groups excluding carboxylic acids is 1. The van der Waals surface area contributed by atoms with Crippen molar-refractivity contribution in [3.05, 3.63) is 65.7 Å². The number of ether oxygens (including phenoxy) is 1. The van der Waals surface area contributed by atoms with Crippen LogP contribution >= 0.6 is 0 Å². The predicted octanol–water partition coefficient (Wildman–Crippen LogP) is 4.82. The van der Waals surface area contributed by atoms with E-state index < -0.39 is 11.6 Å². The molecule has 2 fully saturated rings. The molecule has 0 unspecified atom stereocenters. The zero-order valence-corrected chi connectivity index (χ0v) is 17.6. The lowest BCUT2D eigenvalue weighted by Gasteiger charge is -2.44. The van der Waals surface area contributed by atoms with Gasteiger partial charge in [0.15, 0.2) is 5.60 Å². The smallest absolute Gasteiger partial charge is 0.338 e. The van der Waals surface area contributed by atoms with Gasteiger partial charge in [0.25, 0.3) is 0 Å². The minimum Gasteiger partial charge on any atom is -0.460 e. The first-order valence-corrected chi connectivity index (χ1v) is 10.6. The van der Waals surface area contributed by atoms with Crippen molar-refractivity contribution in [2.75, 3.05) is 0 Å². The van der Waals surface area contributed by atoms with E-state index in [4.69, 9.17) is 4.74 Å². The lowest BCUT2D eigenvalue weighted by atomic mass is 9.60. The molecule has 1 heterocycles. The highest BCUT2D eigenvalue weighted by Crippen LogP contribution is 2.51. The summed E-state index contributed by atoms with van der Waals surface area (Å²) in [5.41, 5.74) is 2.24. The number of nitriles is 1. The van der Waals surface area contributed by atoms with Crippen molar-refractivity contribution in [2.24, 2.45) is 23.7 Å². The van der Waals surface area contributed by atoms with Crippen LogP contribution < -0.4 is 0 Å². The number of esters is 1. The molecule has 1 aliphatic carbocycles. The van der Waals surface area contributed by atoms with E-state index in [9.17, 15) is 15.2 Å². The van der Waals surface area contributed by atoms with Gasteiger partial charge in [-0.05, 0) is 53.9 Å². The van der Waals surface area contributed by atoms with Gasteiger partial charge in [0.1, 0.15) is 6.10 Å². The minimum absolute atomic E-state index is 0.0548. The fraction of sp³-hybridized carbons (Fsp3) is 0.385. The third-order valence-corrected chi connectivity index (χ3v) is 7.04. The Morgan fingerprint density at radius 2 is 1.83 bits per heavy atom. The molecule has 30 heavy (non-hydrogen) atoms. The fourth-order valence-electron chi connectivity index (χ4n) is 5.23. The Kier molecular flexibility index (Phi) is 5.26. The average Bonchev–Trinajstić information content (AvgIpc) is 2.97. The lowest BCUT2D eigenvalue weighted by Crippen LogP contribution is -2.52. The summed E-state index contributed by atoms with van der Waals surface area (Å²) in [6, 6.07) is 17.9. The second kappa shape index (κ2) is 7.74. The number of aliphatic hydroxyl groups is 1. The number of fused-ring (bicyclic) bond motifs is 1. The molecule has 4 heteroatoms. The van der Waals surface area contributed by atoms with Crippen molar-refractivity contribution >= 4 is 12.0 Å². The summed E-state index contributed by atoms with van der Waals surface area (Å²) in [4.78, 5) is 12.3. The topological polar surface area (TPSA) is 70.3 Å². The molecule has 1 aliphatic heterocycles. The minimum atomic E-state index is -1.38. The van der Waals surface area contributed by atoms with E-state index in [2.05, 4.69) is 32.1 Å². The van der Waals surface area contributed by atoms with E-state index in [1.54, 1.807) is 0 Å². The van der Waals surface area contributed by atoms with Crippen LogP contribution in [0.25, 0.3) is 17.2 Å². The Bertz CT molecular complexity index is 1020. The molecule has 4 nitrogen and oxygen atoms in total. The Morgan fingerprint density at radius 3 is 2.53 bits per heavy atom. The molecule has 1 N–H and O–H groups in total. The number of hydrogen-bond acceptors (Lipinski definition) is 4. The van der Waals surface area contributed by atoms with E-state index in [0.717, 1.165) is 16.7 Å². The second-order valence-corrected chi connectivity index (χ2v) is 8.82. The third kappa shape index (κ3) is 3.34. The number of rotatable bonds is 3. The molecule has 2 aromatic carbocycles. The quantitative estimate of drug-likeness (QED) is 0.749. The number of cyclic esters (lactones) is 1. The first kappa shape index (κ1) is 20.4. The van der Waals surface area contributed by atoms with Crippen LogP contribution in [-0.2, 0) is 9.53 Å². The molecule has 0 radical (unpaired) electrons. The number of carbonyl (C=O) groups is 1. The number of allylic oxidation sites excluding steroid dienone is 1. The van der Waals surface area contributed by atoms with Gasteiger partial charge in [-0.25, -0.2) is 4.79 Å². The van der Waals surface area contributed by atoms with E-state index in [1.165, 1.54) is 0 Å². The monoisotopic (exact) mass is 401 g/mol. The average molecular weight is 402 g/mol. The maximum Gasteiger partial charge on any atom is 0.338 e. The van der Waals surface area contributed by atoms with E-state index in [0.29, 0.717) is 17.9 Å². The van der Waals surface area contributed by atoms with Gasteiger partial charge in [-0.2, -0.15) is 5.26 Å². The second-order valence-electron chi connectivity index (χ2n) is 8.82. The molecule has 0 aromatic heterocycles. The molecule has 2 aliphatic rings. The van der Waals surface area contributed by atoms with Gasteiger partial charge in [0.05, 0.1) is 11.6 Å². The van der Waals surface area contributed by atoms with Crippen molar-refractivity contribution in [3.63, 3.8) is 0 Å². The van der Waals surface area contributed by atoms with Gasteiger partial charge < -0.3 is 9.84 Å². The maximum absolute atomic E-state index is 12.3. The molecular weight excluding hydrogens is 374 g/mol. The molecule has 4 rings (SSSR count). The number of hydrogen-bond donors (Lipinski definition) is 1. The van der Waals surface area contributed by atoms with Gasteiger partial charge in [-0.15, -0.1) is 0 Å². The molecule has 154 valence electrons. The fourth-order valence-corrected chi connectivity index (χ4v) is 5.23. The number of benzene rings is 2. The van der Waals surface area contributed by atoms with Crippen molar-refractivity contribution in [2.45, 2.75) is 38.9 Å². The molecule has 1 saturated heterocycles. The predicted molar refractivity (Wildman–Crippen MR) is 116 cm³/mol. The normalized spacial score (nSPS) is 33.2. The SMILES string of the molecule is C[C@H]1[C@H](/C=C/c2ccc(-c3ccccc3C#N)cc2)[C@@H]2[C@@H](C)OC(=O)[C@]2(O)C[C@@H]1C. The van der Waals surface area contributed by atoms with E-state index in [1.807, 2.05) is 55.5 Å². The van der Waals surface area contributed by atoms with Crippen LogP contribution in [0.2, 0.25) is 0 Å². The summed E-state index contributed by atoms with van der Waals surface area (Å²) in [6.07, 6.45) is 4.36. The van der Waals surface area contributed by atoms with Crippen LogP contribution in [0.15, 0.2) is 54.6 Å². The van der Waals surface area contributed by atoms with Gasteiger partial charge in [-0.1, -0.05) is 68.5 Å². The van der Waals surface area contributed by atoms with Crippen LogP contribution in [0.1, 0.15) is 38.3 Å². The molecular formula is C26H27NO3. The summed E-state index contributed by atoms with van der Waals surface area (Å²) in [5, 5.41) is 20.4. The Morgan fingerprint density at radius 1 is 1.13 bits per heavy atom. The van der Waals surface area contributed by atoms with Crippen molar-refractivity contribution < 1.29 is 14.6 Å². The molecule has 2 aromatic rings. The largest absolute Gasteiger partial charge is 0.460 e. The lowest BCUT2D eigenvalue weighted by molar-refractivity contribution is -0.160. The highest BCUT2D eigenvalue weighted by molar-refractivity contribution is 5.82. The van der Waals surface area contributed by atoms with Crippen LogP contribution in [0, 0.1) is 35.0 Å². The van der Waals surface area contributed by atoms with Crippen LogP contribution in [0.4, 0.5) is 0 Å². The van der Waals surface area contributed by atoms with Gasteiger partial charge in [0, 0.05) is 5.92 Å². The summed E-state index contributed by atoms with van der Waals surface area (Å²) < 4.78 is 5.43.